The molecule has 0 aromatic heterocycles. The van der Waals surface area contributed by atoms with E-state index >= 15 is 0 Å². The number of hydrogen-bond acceptors (Lipinski definition) is 2. The molecule has 2 aromatic carbocycles. The predicted molar refractivity (Wildman–Crippen MR) is 104 cm³/mol. The van der Waals surface area contributed by atoms with Gasteiger partial charge in [0.05, 0.1) is 6.42 Å². The van der Waals surface area contributed by atoms with Gasteiger partial charge in [0.1, 0.15) is 0 Å². The van der Waals surface area contributed by atoms with Crippen molar-refractivity contribution in [3.63, 3.8) is 0 Å². The van der Waals surface area contributed by atoms with Gasteiger partial charge in [-0.3, -0.25) is 9.59 Å². The molecule has 0 saturated heterocycles. The monoisotopic (exact) mass is 350 g/mol. The topological polar surface area (TPSA) is 58.2 Å². The highest BCUT2D eigenvalue weighted by Crippen LogP contribution is 2.20. The van der Waals surface area contributed by atoms with Crippen molar-refractivity contribution in [2.75, 3.05) is 5.32 Å². The maximum Gasteiger partial charge on any atom is 0.251 e. The van der Waals surface area contributed by atoms with E-state index in [1.165, 1.54) is 18.4 Å². The minimum absolute atomic E-state index is 0.0775. The van der Waals surface area contributed by atoms with Crippen LogP contribution in [0.15, 0.2) is 48.5 Å². The van der Waals surface area contributed by atoms with Crippen LogP contribution in [0.4, 0.5) is 5.69 Å². The SMILES string of the molecule is CCCCc1ccc(CC(=O)Nc2cccc(C(=O)NC3CC3)c2)cc1. The van der Waals surface area contributed by atoms with E-state index < -0.39 is 0 Å². The molecule has 0 atom stereocenters. The lowest BCUT2D eigenvalue weighted by molar-refractivity contribution is -0.115. The number of amides is 2. The number of unbranched alkanes of at least 4 members (excludes halogenated alkanes) is 1. The van der Waals surface area contributed by atoms with Crippen LogP contribution in [-0.4, -0.2) is 17.9 Å². The van der Waals surface area contributed by atoms with Gasteiger partial charge in [-0.15, -0.1) is 0 Å². The quantitative estimate of drug-likeness (QED) is 0.753. The molecule has 0 heterocycles. The minimum Gasteiger partial charge on any atom is -0.349 e. The molecule has 1 saturated carbocycles. The van der Waals surface area contributed by atoms with E-state index in [0.717, 1.165) is 24.8 Å². The van der Waals surface area contributed by atoms with Gasteiger partial charge in [0.25, 0.3) is 5.91 Å². The van der Waals surface area contributed by atoms with Crippen molar-refractivity contribution in [3.05, 3.63) is 65.2 Å². The molecule has 4 heteroatoms. The van der Waals surface area contributed by atoms with Crippen LogP contribution in [0.3, 0.4) is 0 Å². The first kappa shape index (κ1) is 18.2. The standard InChI is InChI=1S/C22H26N2O2/c1-2-3-5-16-8-10-17(11-9-16)14-21(25)23-20-7-4-6-18(15-20)22(26)24-19-12-13-19/h4,6-11,15,19H,2-3,5,12-14H2,1H3,(H,23,25)(H,24,26). The van der Waals surface area contributed by atoms with Gasteiger partial charge in [-0.1, -0.05) is 43.7 Å². The van der Waals surface area contributed by atoms with Gasteiger partial charge >= 0.3 is 0 Å². The Bertz CT molecular complexity index is 764. The number of hydrogen-bond donors (Lipinski definition) is 2. The third-order valence-corrected chi connectivity index (χ3v) is 4.53. The molecule has 2 N–H and O–H groups in total. The molecular formula is C22H26N2O2. The van der Waals surface area contributed by atoms with E-state index in [9.17, 15) is 9.59 Å². The van der Waals surface area contributed by atoms with Crippen LogP contribution in [-0.2, 0) is 17.6 Å². The fourth-order valence-electron chi connectivity index (χ4n) is 2.83. The summed E-state index contributed by atoms with van der Waals surface area (Å²) in [6.07, 6.45) is 5.89. The second kappa shape index (κ2) is 8.65. The largest absolute Gasteiger partial charge is 0.349 e. The third-order valence-electron chi connectivity index (χ3n) is 4.53. The van der Waals surface area contributed by atoms with Gasteiger partial charge in [-0.2, -0.15) is 0 Å². The molecule has 0 spiro atoms. The number of rotatable bonds is 8. The van der Waals surface area contributed by atoms with E-state index in [1.54, 1.807) is 24.3 Å². The fourth-order valence-corrected chi connectivity index (χ4v) is 2.83. The smallest absolute Gasteiger partial charge is 0.251 e. The highest BCUT2D eigenvalue weighted by molar-refractivity contribution is 5.97. The Morgan fingerprint density at radius 1 is 1.04 bits per heavy atom. The molecular weight excluding hydrogens is 324 g/mol. The molecule has 3 rings (SSSR count). The van der Waals surface area contributed by atoms with Crippen LogP contribution >= 0.6 is 0 Å². The zero-order valence-electron chi connectivity index (χ0n) is 15.3. The van der Waals surface area contributed by atoms with Crippen LogP contribution in [0.2, 0.25) is 0 Å². The number of carbonyl (C=O) groups is 2. The van der Waals surface area contributed by atoms with Crippen molar-refractivity contribution in [2.24, 2.45) is 0 Å². The summed E-state index contributed by atoms with van der Waals surface area (Å²) in [5.74, 6) is -0.155. The van der Waals surface area contributed by atoms with Gasteiger partial charge in [0, 0.05) is 17.3 Å². The lowest BCUT2D eigenvalue weighted by Crippen LogP contribution is -2.25. The summed E-state index contributed by atoms with van der Waals surface area (Å²) in [6.45, 7) is 2.18. The number of carbonyl (C=O) groups excluding carboxylic acids is 2. The second-order valence-corrected chi connectivity index (χ2v) is 6.97. The fraction of sp³-hybridized carbons (Fsp3) is 0.364. The molecule has 1 fully saturated rings. The zero-order chi connectivity index (χ0) is 18.4. The van der Waals surface area contributed by atoms with E-state index in [-0.39, 0.29) is 11.8 Å². The number of nitrogens with one attached hydrogen (secondary N) is 2. The summed E-state index contributed by atoms with van der Waals surface area (Å²) in [4.78, 5) is 24.4. The number of aryl methyl sites for hydroxylation is 1. The Hall–Kier alpha value is -2.62. The molecule has 136 valence electrons. The first-order valence-electron chi connectivity index (χ1n) is 9.42. The normalized spacial score (nSPS) is 13.3. The van der Waals surface area contributed by atoms with Crippen LogP contribution in [0.1, 0.15) is 54.1 Å². The summed E-state index contributed by atoms with van der Waals surface area (Å²) >= 11 is 0. The molecule has 2 aromatic rings. The average molecular weight is 350 g/mol. The van der Waals surface area contributed by atoms with Crippen molar-refractivity contribution in [2.45, 2.75) is 51.5 Å². The van der Waals surface area contributed by atoms with E-state index in [2.05, 4.69) is 29.7 Å². The van der Waals surface area contributed by atoms with Gasteiger partial charge < -0.3 is 10.6 Å². The number of anilines is 1. The molecule has 2 amide bonds. The van der Waals surface area contributed by atoms with E-state index in [1.807, 2.05) is 12.1 Å². The Kier molecular flexibility index (Phi) is 6.05. The molecule has 0 aliphatic heterocycles. The minimum atomic E-state index is -0.0777. The summed E-state index contributed by atoms with van der Waals surface area (Å²) in [5, 5.41) is 5.84. The molecule has 4 nitrogen and oxygen atoms in total. The van der Waals surface area contributed by atoms with E-state index in [4.69, 9.17) is 0 Å². The molecule has 1 aliphatic carbocycles. The van der Waals surface area contributed by atoms with Gasteiger partial charge in [0.2, 0.25) is 5.91 Å². The lowest BCUT2D eigenvalue weighted by Gasteiger charge is -2.08. The Morgan fingerprint density at radius 2 is 1.77 bits per heavy atom. The molecule has 1 aliphatic rings. The van der Waals surface area contributed by atoms with Crippen molar-refractivity contribution < 1.29 is 9.59 Å². The van der Waals surface area contributed by atoms with Gasteiger partial charge in [-0.05, 0) is 55.0 Å². The predicted octanol–water partition coefficient (Wildman–Crippen LogP) is 4.10. The first-order chi connectivity index (χ1) is 12.6. The maximum absolute atomic E-state index is 12.3. The molecule has 26 heavy (non-hydrogen) atoms. The second-order valence-electron chi connectivity index (χ2n) is 6.97. The highest BCUT2D eigenvalue weighted by Gasteiger charge is 2.23. The van der Waals surface area contributed by atoms with E-state index in [0.29, 0.717) is 23.7 Å². The van der Waals surface area contributed by atoms with Crippen molar-refractivity contribution in [3.8, 4) is 0 Å². The molecule has 0 radical (unpaired) electrons. The summed E-state index contributed by atoms with van der Waals surface area (Å²) in [6, 6.07) is 15.6. The summed E-state index contributed by atoms with van der Waals surface area (Å²) in [5.41, 5.74) is 3.53. The Balaban J connectivity index is 1.55. The Morgan fingerprint density at radius 3 is 2.46 bits per heavy atom. The van der Waals surface area contributed by atoms with Crippen molar-refractivity contribution in [1.29, 1.82) is 0 Å². The van der Waals surface area contributed by atoms with Crippen LogP contribution < -0.4 is 10.6 Å². The maximum atomic E-state index is 12.3. The van der Waals surface area contributed by atoms with Crippen molar-refractivity contribution in [1.82, 2.24) is 5.32 Å². The molecule has 0 bridgehead atoms. The van der Waals surface area contributed by atoms with Crippen LogP contribution in [0.5, 0.6) is 0 Å². The third kappa shape index (κ3) is 5.45. The summed E-state index contributed by atoms with van der Waals surface area (Å²) < 4.78 is 0. The zero-order valence-corrected chi connectivity index (χ0v) is 15.3. The van der Waals surface area contributed by atoms with Crippen LogP contribution in [0.25, 0.3) is 0 Å². The van der Waals surface area contributed by atoms with Gasteiger partial charge in [0.15, 0.2) is 0 Å². The number of benzene rings is 2. The van der Waals surface area contributed by atoms with Gasteiger partial charge in [-0.25, -0.2) is 0 Å². The summed E-state index contributed by atoms with van der Waals surface area (Å²) in [7, 11) is 0. The van der Waals surface area contributed by atoms with Crippen molar-refractivity contribution >= 4 is 17.5 Å². The van der Waals surface area contributed by atoms with Crippen LogP contribution in [0, 0.1) is 0 Å². The average Bonchev–Trinajstić information content (AvgIpc) is 3.45. The Labute approximate surface area is 155 Å². The molecule has 0 unspecified atom stereocenters. The first-order valence-corrected chi connectivity index (χ1v) is 9.42. The lowest BCUT2D eigenvalue weighted by atomic mass is 10.0. The highest BCUT2D eigenvalue weighted by atomic mass is 16.2.